The van der Waals surface area contributed by atoms with Crippen LogP contribution in [0.2, 0.25) is 0 Å². The van der Waals surface area contributed by atoms with E-state index in [2.05, 4.69) is 15.1 Å². The van der Waals surface area contributed by atoms with E-state index in [9.17, 15) is 5.11 Å². The Hall–Kier alpha value is -1.75. The van der Waals surface area contributed by atoms with Crippen LogP contribution in [0.15, 0.2) is 24.5 Å². The van der Waals surface area contributed by atoms with Crippen LogP contribution in [-0.4, -0.2) is 31.0 Å². The molecule has 1 N–H and O–H groups in total. The van der Waals surface area contributed by atoms with Crippen molar-refractivity contribution in [3.8, 4) is 11.4 Å². The van der Waals surface area contributed by atoms with E-state index in [1.807, 2.05) is 16.8 Å². The van der Waals surface area contributed by atoms with E-state index in [0.717, 1.165) is 24.4 Å². The molecule has 2 aromatic rings. The van der Waals surface area contributed by atoms with E-state index in [-0.39, 0.29) is 6.10 Å². The molecule has 82 valence electrons. The van der Waals surface area contributed by atoms with Gasteiger partial charge in [0.2, 0.25) is 0 Å². The first-order valence-corrected chi connectivity index (χ1v) is 5.35. The Balaban J connectivity index is 1.99. The summed E-state index contributed by atoms with van der Waals surface area (Å²) in [6.07, 6.45) is 4.54. The fourth-order valence-corrected chi connectivity index (χ4v) is 1.91. The summed E-state index contributed by atoms with van der Waals surface area (Å²) in [5.74, 6) is 1.55. The van der Waals surface area contributed by atoms with Gasteiger partial charge in [0.1, 0.15) is 5.82 Å². The lowest BCUT2D eigenvalue weighted by Crippen LogP contribution is -2.23. The zero-order valence-electron chi connectivity index (χ0n) is 8.74. The molecule has 0 radical (unpaired) electrons. The van der Waals surface area contributed by atoms with Gasteiger partial charge in [-0.05, 0) is 18.6 Å². The van der Waals surface area contributed by atoms with Crippen LogP contribution in [-0.2, 0) is 13.0 Å². The number of aliphatic hydroxyl groups is 1. The fraction of sp³-hybridized carbons (Fsp3) is 0.364. The molecule has 0 aliphatic carbocycles. The zero-order chi connectivity index (χ0) is 11.0. The standard InChI is InChI=1S/C11H12N4O/c16-9-3-5-15-10(6-9)13-11(14-15)8-2-1-4-12-7-8/h1-2,4,7,9,16H,3,5-6H2. The molecule has 0 saturated heterocycles. The smallest absolute Gasteiger partial charge is 0.182 e. The van der Waals surface area contributed by atoms with Crippen LogP contribution in [0.1, 0.15) is 12.2 Å². The van der Waals surface area contributed by atoms with Gasteiger partial charge in [0.25, 0.3) is 0 Å². The van der Waals surface area contributed by atoms with E-state index in [0.29, 0.717) is 12.2 Å². The number of nitrogens with zero attached hydrogens (tertiary/aromatic N) is 4. The van der Waals surface area contributed by atoms with Crippen LogP contribution in [0.4, 0.5) is 0 Å². The lowest BCUT2D eigenvalue weighted by molar-refractivity contribution is 0.138. The first-order valence-electron chi connectivity index (χ1n) is 5.35. The van der Waals surface area contributed by atoms with Gasteiger partial charge in [-0.3, -0.25) is 4.98 Å². The van der Waals surface area contributed by atoms with Gasteiger partial charge in [-0.25, -0.2) is 9.67 Å². The Kier molecular flexibility index (Phi) is 2.18. The molecular weight excluding hydrogens is 204 g/mol. The molecule has 3 rings (SSSR count). The topological polar surface area (TPSA) is 63.8 Å². The van der Waals surface area contributed by atoms with Crippen LogP contribution in [0.5, 0.6) is 0 Å². The second-order valence-electron chi connectivity index (χ2n) is 3.96. The van der Waals surface area contributed by atoms with Gasteiger partial charge in [-0.15, -0.1) is 0 Å². The molecule has 1 aliphatic rings. The van der Waals surface area contributed by atoms with Crippen LogP contribution in [0.3, 0.4) is 0 Å². The van der Waals surface area contributed by atoms with Crippen molar-refractivity contribution in [2.45, 2.75) is 25.5 Å². The maximum atomic E-state index is 9.54. The minimum absolute atomic E-state index is 0.279. The fourth-order valence-electron chi connectivity index (χ4n) is 1.91. The van der Waals surface area contributed by atoms with Crippen LogP contribution in [0, 0.1) is 0 Å². The Morgan fingerprint density at radius 1 is 1.44 bits per heavy atom. The van der Waals surface area contributed by atoms with Crippen molar-refractivity contribution in [1.82, 2.24) is 19.7 Å². The summed E-state index contributed by atoms with van der Waals surface area (Å²) in [7, 11) is 0. The number of hydrogen-bond acceptors (Lipinski definition) is 4. The molecule has 1 atom stereocenters. The minimum atomic E-state index is -0.279. The van der Waals surface area contributed by atoms with Gasteiger partial charge < -0.3 is 5.11 Å². The molecule has 1 unspecified atom stereocenters. The lowest BCUT2D eigenvalue weighted by atomic mass is 10.1. The van der Waals surface area contributed by atoms with Crippen molar-refractivity contribution in [2.24, 2.45) is 0 Å². The number of aryl methyl sites for hydroxylation is 1. The lowest BCUT2D eigenvalue weighted by Gasteiger charge is -2.16. The van der Waals surface area contributed by atoms with Gasteiger partial charge in [-0.2, -0.15) is 5.10 Å². The molecule has 2 aromatic heterocycles. The SMILES string of the molecule is OC1CCn2nc(-c3cccnc3)nc2C1. The van der Waals surface area contributed by atoms with Gasteiger partial charge in [0, 0.05) is 30.9 Å². The predicted molar refractivity (Wildman–Crippen MR) is 57.6 cm³/mol. The van der Waals surface area contributed by atoms with Gasteiger partial charge in [0.05, 0.1) is 6.10 Å². The van der Waals surface area contributed by atoms with E-state index in [1.54, 1.807) is 12.4 Å². The average Bonchev–Trinajstić information content (AvgIpc) is 2.73. The van der Waals surface area contributed by atoms with Crippen LogP contribution in [0.25, 0.3) is 11.4 Å². The zero-order valence-corrected chi connectivity index (χ0v) is 8.74. The van der Waals surface area contributed by atoms with E-state index in [1.165, 1.54) is 0 Å². The van der Waals surface area contributed by atoms with Gasteiger partial charge in [-0.1, -0.05) is 0 Å². The van der Waals surface area contributed by atoms with Crippen molar-refractivity contribution < 1.29 is 5.11 Å². The molecule has 0 spiro atoms. The van der Waals surface area contributed by atoms with Crippen LogP contribution < -0.4 is 0 Å². The first kappa shape index (κ1) is 9.47. The number of rotatable bonds is 1. The molecule has 0 bridgehead atoms. The predicted octanol–water partition coefficient (Wildman–Crippen LogP) is 0.647. The summed E-state index contributed by atoms with van der Waals surface area (Å²) >= 11 is 0. The van der Waals surface area contributed by atoms with E-state index < -0.39 is 0 Å². The summed E-state index contributed by atoms with van der Waals surface area (Å²) in [4.78, 5) is 8.47. The Morgan fingerprint density at radius 2 is 2.38 bits per heavy atom. The molecule has 5 nitrogen and oxygen atoms in total. The Bertz CT molecular complexity index is 494. The number of aliphatic hydroxyl groups excluding tert-OH is 1. The molecule has 0 aromatic carbocycles. The highest BCUT2D eigenvalue weighted by atomic mass is 16.3. The maximum absolute atomic E-state index is 9.54. The molecule has 0 saturated carbocycles. The molecule has 5 heteroatoms. The minimum Gasteiger partial charge on any atom is -0.393 e. The molecular formula is C11H12N4O. The van der Waals surface area contributed by atoms with Gasteiger partial charge in [0.15, 0.2) is 5.82 Å². The third-order valence-corrected chi connectivity index (χ3v) is 2.76. The highest BCUT2D eigenvalue weighted by Gasteiger charge is 2.20. The molecule has 0 fully saturated rings. The second kappa shape index (κ2) is 3.68. The van der Waals surface area contributed by atoms with Crippen molar-refractivity contribution >= 4 is 0 Å². The van der Waals surface area contributed by atoms with E-state index >= 15 is 0 Å². The number of aromatic nitrogens is 4. The van der Waals surface area contributed by atoms with Crippen molar-refractivity contribution in [2.75, 3.05) is 0 Å². The summed E-state index contributed by atoms with van der Waals surface area (Å²) in [6.45, 7) is 0.740. The van der Waals surface area contributed by atoms with E-state index in [4.69, 9.17) is 0 Å². The quantitative estimate of drug-likeness (QED) is 0.760. The first-order chi connectivity index (χ1) is 7.83. The summed E-state index contributed by atoms with van der Waals surface area (Å²) in [5.41, 5.74) is 0.916. The maximum Gasteiger partial charge on any atom is 0.182 e. The number of pyridine rings is 1. The highest BCUT2D eigenvalue weighted by Crippen LogP contribution is 2.18. The highest BCUT2D eigenvalue weighted by molar-refractivity contribution is 5.52. The van der Waals surface area contributed by atoms with Crippen molar-refractivity contribution in [3.05, 3.63) is 30.4 Å². The van der Waals surface area contributed by atoms with Gasteiger partial charge >= 0.3 is 0 Å². The van der Waals surface area contributed by atoms with Crippen LogP contribution >= 0.6 is 0 Å². The molecule has 1 aliphatic heterocycles. The number of fused-ring (bicyclic) bond motifs is 1. The summed E-state index contributed by atoms with van der Waals surface area (Å²) in [5, 5.41) is 14.0. The molecule has 0 amide bonds. The second-order valence-corrected chi connectivity index (χ2v) is 3.96. The summed E-state index contributed by atoms with van der Waals surface area (Å²) in [6, 6.07) is 3.80. The largest absolute Gasteiger partial charge is 0.393 e. The average molecular weight is 216 g/mol. The van der Waals surface area contributed by atoms with Crippen molar-refractivity contribution in [3.63, 3.8) is 0 Å². The monoisotopic (exact) mass is 216 g/mol. The Morgan fingerprint density at radius 3 is 3.19 bits per heavy atom. The molecule has 3 heterocycles. The summed E-state index contributed by atoms with van der Waals surface area (Å²) < 4.78 is 1.87. The molecule has 16 heavy (non-hydrogen) atoms. The normalized spacial score (nSPS) is 19.4. The number of hydrogen-bond donors (Lipinski definition) is 1. The third kappa shape index (κ3) is 1.59. The van der Waals surface area contributed by atoms with Crippen molar-refractivity contribution in [1.29, 1.82) is 0 Å². The Labute approximate surface area is 92.8 Å². The third-order valence-electron chi connectivity index (χ3n) is 2.76.